The molecule has 0 spiro atoms. The fourth-order valence-electron chi connectivity index (χ4n) is 1.26. The van der Waals surface area contributed by atoms with Gasteiger partial charge in [0.15, 0.2) is 27.7 Å². The first-order valence-electron chi connectivity index (χ1n) is 5.42. The lowest BCUT2D eigenvalue weighted by Crippen LogP contribution is -2.26. The van der Waals surface area contributed by atoms with Crippen molar-refractivity contribution in [2.24, 2.45) is 10.1 Å². The SMILES string of the molecule is Nc1nc(N)c(C(=O)NC=NNC2=NCCS2)nc1Cl. The minimum Gasteiger partial charge on any atom is -0.382 e. The second-order valence-electron chi connectivity index (χ2n) is 3.51. The minimum absolute atomic E-state index is 0.0349. The fourth-order valence-corrected chi connectivity index (χ4v) is 2.06. The van der Waals surface area contributed by atoms with Gasteiger partial charge in [-0.15, -0.1) is 0 Å². The molecule has 11 heteroatoms. The van der Waals surface area contributed by atoms with E-state index in [1.165, 1.54) is 0 Å². The van der Waals surface area contributed by atoms with Gasteiger partial charge in [0.2, 0.25) is 0 Å². The number of nitrogens with zero attached hydrogens (tertiary/aromatic N) is 4. The van der Waals surface area contributed by atoms with Crippen LogP contribution in [0.4, 0.5) is 11.6 Å². The number of thioether (sulfide) groups is 1. The summed E-state index contributed by atoms with van der Waals surface area (Å²) in [6.07, 6.45) is 1.16. The van der Waals surface area contributed by atoms with E-state index in [4.69, 9.17) is 23.1 Å². The van der Waals surface area contributed by atoms with Gasteiger partial charge in [0.05, 0.1) is 6.54 Å². The van der Waals surface area contributed by atoms with E-state index in [1.807, 2.05) is 0 Å². The van der Waals surface area contributed by atoms with Crippen LogP contribution < -0.4 is 22.2 Å². The second kappa shape index (κ2) is 6.39. The van der Waals surface area contributed by atoms with Crippen molar-refractivity contribution in [2.75, 3.05) is 23.8 Å². The Bertz CT molecular complexity index is 590. The first-order valence-corrected chi connectivity index (χ1v) is 6.78. The number of nitrogens with two attached hydrogens (primary N) is 2. The molecule has 20 heavy (non-hydrogen) atoms. The molecule has 0 unspecified atom stereocenters. The molecular weight excluding hydrogens is 304 g/mol. The number of amides is 1. The average Bonchev–Trinajstić information content (AvgIpc) is 2.92. The van der Waals surface area contributed by atoms with Gasteiger partial charge in [0.1, 0.15) is 6.34 Å². The molecule has 0 saturated heterocycles. The fraction of sp³-hybridized carbons (Fsp3) is 0.222. The molecule has 1 aliphatic heterocycles. The van der Waals surface area contributed by atoms with Crippen molar-refractivity contribution in [1.82, 2.24) is 20.7 Å². The highest BCUT2D eigenvalue weighted by Crippen LogP contribution is 2.16. The number of hydrogen-bond acceptors (Lipinski definition) is 9. The van der Waals surface area contributed by atoms with Crippen molar-refractivity contribution in [3.05, 3.63) is 10.8 Å². The van der Waals surface area contributed by atoms with Gasteiger partial charge < -0.3 is 16.8 Å². The van der Waals surface area contributed by atoms with Crippen molar-refractivity contribution in [3.63, 3.8) is 0 Å². The highest BCUT2D eigenvalue weighted by atomic mass is 35.5. The number of rotatable bonds is 3. The van der Waals surface area contributed by atoms with Crippen molar-refractivity contribution in [3.8, 4) is 0 Å². The minimum atomic E-state index is -0.594. The van der Waals surface area contributed by atoms with E-state index in [0.717, 1.165) is 18.6 Å². The van der Waals surface area contributed by atoms with Crippen LogP contribution in [0.3, 0.4) is 0 Å². The molecule has 1 aromatic rings. The van der Waals surface area contributed by atoms with Crippen molar-refractivity contribution < 1.29 is 4.79 Å². The zero-order chi connectivity index (χ0) is 14.5. The Kier molecular flexibility index (Phi) is 4.58. The normalized spacial score (nSPS) is 14.3. The number of carbonyl (C=O) groups excluding carboxylic acids is 1. The quantitative estimate of drug-likeness (QED) is 0.339. The Labute approximate surface area is 123 Å². The maximum absolute atomic E-state index is 11.8. The van der Waals surface area contributed by atoms with Gasteiger partial charge in [-0.25, -0.2) is 9.97 Å². The van der Waals surface area contributed by atoms with Gasteiger partial charge in [-0.3, -0.25) is 15.2 Å². The molecule has 9 nitrogen and oxygen atoms in total. The Balaban J connectivity index is 1.94. The van der Waals surface area contributed by atoms with Gasteiger partial charge in [-0.1, -0.05) is 23.4 Å². The zero-order valence-electron chi connectivity index (χ0n) is 10.1. The summed E-state index contributed by atoms with van der Waals surface area (Å²) in [5, 5.41) is 6.77. The number of nitrogens with one attached hydrogen (secondary N) is 2. The lowest BCUT2D eigenvalue weighted by molar-refractivity contribution is 0.0974. The van der Waals surface area contributed by atoms with Gasteiger partial charge in [-0.05, 0) is 0 Å². The van der Waals surface area contributed by atoms with Crippen molar-refractivity contribution in [1.29, 1.82) is 0 Å². The number of hydrogen-bond donors (Lipinski definition) is 4. The molecule has 0 bridgehead atoms. The topological polar surface area (TPSA) is 144 Å². The molecule has 2 heterocycles. The number of anilines is 2. The van der Waals surface area contributed by atoms with E-state index in [0.29, 0.717) is 5.17 Å². The number of aromatic nitrogens is 2. The molecule has 1 aliphatic rings. The molecule has 0 aliphatic carbocycles. The molecule has 0 saturated carbocycles. The molecule has 0 atom stereocenters. The van der Waals surface area contributed by atoms with E-state index < -0.39 is 5.91 Å². The molecule has 0 radical (unpaired) electrons. The maximum atomic E-state index is 11.8. The monoisotopic (exact) mass is 314 g/mol. The van der Waals surface area contributed by atoms with Crippen LogP contribution in [-0.2, 0) is 0 Å². The van der Waals surface area contributed by atoms with E-state index >= 15 is 0 Å². The Morgan fingerprint density at radius 1 is 1.40 bits per heavy atom. The highest BCUT2D eigenvalue weighted by molar-refractivity contribution is 8.14. The third kappa shape index (κ3) is 3.48. The Hall–Kier alpha value is -2.07. The number of halogens is 1. The van der Waals surface area contributed by atoms with Crippen LogP contribution in [0.25, 0.3) is 0 Å². The first kappa shape index (κ1) is 14.3. The summed E-state index contributed by atoms with van der Waals surface area (Å²) in [5.74, 6) is 0.178. The molecule has 0 aromatic carbocycles. The zero-order valence-corrected chi connectivity index (χ0v) is 11.7. The smallest absolute Gasteiger partial charge is 0.278 e. The highest BCUT2D eigenvalue weighted by Gasteiger charge is 2.14. The van der Waals surface area contributed by atoms with Crippen LogP contribution in [0.15, 0.2) is 10.1 Å². The molecule has 0 fully saturated rings. The van der Waals surface area contributed by atoms with Crippen LogP contribution in [0.5, 0.6) is 0 Å². The van der Waals surface area contributed by atoms with E-state index in [-0.39, 0.29) is 22.5 Å². The average molecular weight is 315 g/mol. The molecule has 1 amide bonds. The summed E-state index contributed by atoms with van der Waals surface area (Å²) >= 11 is 7.22. The number of amidine groups is 1. The second-order valence-corrected chi connectivity index (χ2v) is 4.95. The van der Waals surface area contributed by atoms with Gasteiger partial charge in [-0.2, -0.15) is 5.10 Å². The maximum Gasteiger partial charge on any atom is 0.278 e. The lowest BCUT2D eigenvalue weighted by atomic mass is 10.4. The summed E-state index contributed by atoms with van der Waals surface area (Å²) in [7, 11) is 0. The van der Waals surface area contributed by atoms with Gasteiger partial charge in [0.25, 0.3) is 5.91 Å². The van der Waals surface area contributed by atoms with Crippen LogP contribution in [0.2, 0.25) is 5.15 Å². The van der Waals surface area contributed by atoms with Crippen LogP contribution in [0, 0.1) is 0 Å². The molecule has 6 N–H and O–H groups in total. The Morgan fingerprint density at radius 2 is 2.20 bits per heavy atom. The number of carbonyl (C=O) groups is 1. The van der Waals surface area contributed by atoms with E-state index in [2.05, 4.69) is 30.8 Å². The molecule has 1 aromatic heterocycles. The summed E-state index contributed by atoms with van der Waals surface area (Å²) in [5.41, 5.74) is 13.5. The molecule has 106 valence electrons. The predicted molar refractivity (Wildman–Crippen MR) is 79.7 cm³/mol. The lowest BCUT2D eigenvalue weighted by Gasteiger charge is -2.04. The predicted octanol–water partition coefficient (Wildman–Crippen LogP) is -0.340. The van der Waals surface area contributed by atoms with Gasteiger partial charge in [0, 0.05) is 5.75 Å². The number of aliphatic imine (C=N–C) groups is 1. The van der Waals surface area contributed by atoms with Crippen molar-refractivity contribution in [2.45, 2.75) is 0 Å². The van der Waals surface area contributed by atoms with Crippen molar-refractivity contribution >= 4 is 52.4 Å². The van der Waals surface area contributed by atoms with E-state index in [1.54, 1.807) is 11.8 Å². The standard InChI is InChI=1S/C9H11ClN8OS/c10-5-7(12)17-6(11)4(16-5)8(19)14-3-15-18-9-13-1-2-20-9/h3H,1-2H2,(H,13,18)(H4,11,12,17)(H,14,15,19). The largest absolute Gasteiger partial charge is 0.382 e. The molecular formula is C9H11ClN8OS. The van der Waals surface area contributed by atoms with Crippen LogP contribution in [0.1, 0.15) is 10.5 Å². The Morgan fingerprint density at radius 3 is 2.90 bits per heavy atom. The summed E-state index contributed by atoms with van der Waals surface area (Å²) in [6.45, 7) is 0.755. The number of nitrogen functional groups attached to an aromatic ring is 2. The summed E-state index contributed by atoms with van der Waals surface area (Å²) in [6, 6.07) is 0. The summed E-state index contributed by atoms with van der Waals surface area (Å²) in [4.78, 5) is 23.4. The third-order valence-corrected chi connectivity index (χ3v) is 3.28. The van der Waals surface area contributed by atoms with Gasteiger partial charge >= 0.3 is 0 Å². The summed E-state index contributed by atoms with van der Waals surface area (Å²) < 4.78 is 0. The van der Waals surface area contributed by atoms with Crippen LogP contribution in [-0.4, -0.2) is 39.7 Å². The first-order chi connectivity index (χ1) is 9.58. The van der Waals surface area contributed by atoms with Crippen LogP contribution >= 0.6 is 23.4 Å². The number of hydrazone groups is 1. The third-order valence-electron chi connectivity index (χ3n) is 2.13. The molecule has 2 rings (SSSR count). The van der Waals surface area contributed by atoms with E-state index in [9.17, 15) is 4.79 Å².